The molecule has 0 bridgehead atoms. The second-order valence-electron chi connectivity index (χ2n) is 4.37. The number of nitrogens with zero attached hydrogens (tertiary/aromatic N) is 1. The Morgan fingerprint density at radius 1 is 1.41 bits per heavy atom. The first kappa shape index (κ1) is 12.4. The zero-order valence-corrected chi connectivity index (χ0v) is 10.8. The van der Waals surface area contributed by atoms with E-state index in [9.17, 15) is 4.79 Å². The average Bonchev–Trinajstić information content (AvgIpc) is 3.15. The minimum Gasteiger partial charge on any atom is -0.468 e. The smallest absolute Gasteiger partial charge is 0.327 e. The van der Waals surface area contributed by atoms with Crippen molar-refractivity contribution in [1.82, 2.24) is 4.90 Å². The van der Waals surface area contributed by atoms with E-state index in [-0.39, 0.29) is 12.0 Å². The Bertz CT molecular complexity index is 400. The number of hydrogen-bond donors (Lipinski definition) is 0. The highest BCUT2D eigenvalue weighted by Gasteiger charge is 2.36. The van der Waals surface area contributed by atoms with Crippen LogP contribution in [0.3, 0.4) is 0 Å². The van der Waals surface area contributed by atoms with E-state index < -0.39 is 0 Å². The van der Waals surface area contributed by atoms with E-state index in [1.165, 1.54) is 7.11 Å². The van der Waals surface area contributed by atoms with Crippen LogP contribution in [-0.4, -0.2) is 31.1 Å². The minimum atomic E-state index is -0.329. The highest BCUT2D eigenvalue weighted by Crippen LogP contribution is 2.33. The van der Waals surface area contributed by atoms with E-state index >= 15 is 0 Å². The van der Waals surface area contributed by atoms with Crippen molar-refractivity contribution in [1.29, 1.82) is 0 Å². The van der Waals surface area contributed by atoms with Gasteiger partial charge >= 0.3 is 5.97 Å². The van der Waals surface area contributed by atoms with Crippen molar-refractivity contribution in [2.45, 2.75) is 24.9 Å². The highest BCUT2D eigenvalue weighted by atomic mass is 35.5. The molecule has 3 nitrogen and oxygen atoms in total. The molecule has 0 aliphatic heterocycles. The van der Waals surface area contributed by atoms with Gasteiger partial charge in [0.25, 0.3) is 0 Å². The van der Waals surface area contributed by atoms with E-state index in [4.69, 9.17) is 16.3 Å². The number of halogens is 1. The van der Waals surface area contributed by atoms with E-state index in [1.807, 2.05) is 19.2 Å². The van der Waals surface area contributed by atoms with Crippen LogP contribution in [0.25, 0.3) is 0 Å². The molecule has 0 saturated heterocycles. The molecule has 0 spiro atoms. The van der Waals surface area contributed by atoms with Gasteiger partial charge in [0.15, 0.2) is 0 Å². The van der Waals surface area contributed by atoms with Gasteiger partial charge in [-0.3, -0.25) is 4.90 Å². The number of hydrogen-bond acceptors (Lipinski definition) is 3. The lowest BCUT2D eigenvalue weighted by Crippen LogP contribution is -2.33. The number of carbonyl (C=O) groups is 1. The Kier molecular flexibility index (Phi) is 3.69. The number of benzene rings is 1. The Balaban J connectivity index is 2.25. The second kappa shape index (κ2) is 5.07. The molecule has 0 radical (unpaired) electrons. The molecular weight excluding hydrogens is 238 g/mol. The fourth-order valence-electron chi connectivity index (χ4n) is 1.99. The molecule has 92 valence electrons. The van der Waals surface area contributed by atoms with Crippen molar-refractivity contribution < 1.29 is 9.53 Å². The van der Waals surface area contributed by atoms with E-state index in [2.05, 4.69) is 4.90 Å². The summed E-state index contributed by atoms with van der Waals surface area (Å²) in [5, 5.41) is 0.673. The van der Waals surface area contributed by atoms with Gasteiger partial charge in [-0.05, 0) is 37.6 Å². The maximum atomic E-state index is 11.9. The molecule has 0 heterocycles. The molecule has 1 aliphatic carbocycles. The van der Waals surface area contributed by atoms with Crippen LogP contribution in [0.4, 0.5) is 0 Å². The molecule has 1 atom stereocenters. The molecule has 1 fully saturated rings. The predicted octanol–water partition coefficient (Wildman–Crippen LogP) is 2.65. The van der Waals surface area contributed by atoms with Crippen molar-refractivity contribution in [2.75, 3.05) is 14.2 Å². The molecule has 1 aliphatic rings. The lowest BCUT2D eigenvalue weighted by molar-refractivity contribution is -0.147. The molecule has 17 heavy (non-hydrogen) atoms. The summed E-state index contributed by atoms with van der Waals surface area (Å²) in [6.07, 6.45) is 2.30. The number of methoxy groups -OCH3 is 1. The first-order valence-corrected chi connectivity index (χ1v) is 6.06. The quantitative estimate of drug-likeness (QED) is 0.773. The number of carbonyl (C=O) groups excluding carboxylic acids is 1. The van der Waals surface area contributed by atoms with Gasteiger partial charge in [0.1, 0.15) is 6.04 Å². The SMILES string of the molecule is COC(=O)C(c1ccc(Cl)cc1)N(C)C1CC1. The van der Waals surface area contributed by atoms with Crippen molar-refractivity contribution in [3.8, 4) is 0 Å². The van der Waals surface area contributed by atoms with Crippen LogP contribution in [0.1, 0.15) is 24.4 Å². The molecule has 1 aromatic rings. The Labute approximate surface area is 106 Å². The van der Waals surface area contributed by atoms with Gasteiger partial charge in [-0.1, -0.05) is 23.7 Å². The predicted molar refractivity (Wildman–Crippen MR) is 67.0 cm³/mol. The van der Waals surface area contributed by atoms with Gasteiger partial charge in [-0.2, -0.15) is 0 Å². The molecule has 1 aromatic carbocycles. The molecule has 4 heteroatoms. The maximum Gasteiger partial charge on any atom is 0.327 e. The van der Waals surface area contributed by atoms with Crippen LogP contribution in [0.2, 0.25) is 5.02 Å². The average molecular weight is 254 g/mol. The van der Waals surface area contributed by atoms with Gasteiger partial charge in [0, 0.05) is 11.1 Å². The van der Waals surface area contributed by atoms with Crippen molar-refractivity contribution in [3.63, 3.8) is 0 Å². The number of likely N-dealkylation sites (N-methyl/N-ethyl adjacent to an activating group) is 1. The van der Waals surface area contributed by atoms with Crippen molar-refractivity contribution >= 4 is 17.6 Å². The van der Waals surface area contributed by atoms with Gasteiger partial charge in [0.05, 0.1) is 7.11 Å². The largest absolute Gasteiger partial charge is 0.468 e. The summed E-state index contributed by atoms with van der Waals surface area (Å²) in [7, 11) is 3.39. The maximum absolute atomic E-state index is 11.9. The number of esters is 1. The van der Waals surface area contributed by atoms with E-state index in [0.717, 1.165) is 18.4 Å². The molecule has 0 amide bonds. The van der Waals surface area contributed by atoms with Crippen LogP contribution in [-0.2, 0) is 9.53 Å². The van der Waals surface area contributed by atoms with Crippen molar-refractivity contribution in [3.05, 3.63) is 34.9 Å². The number of ether oxygens (including phenoxy) is 1. The first-order chi connectivity index (χ1) is 8.13. The Hall–Kier alpha value is -1.06. The summed E-state index contributed by atoms with van der Waals surface area (Å²) in [4.78, 5) is 14.0. The summed E-state index contributed by atoms with van der Waals surface area (Å²) in [6.45, 7) is 0. The summed E-state index contributed by atoms with van der Waals surface area (Å²) in [5.41, 5.74) is 0.927. The monoisotopic (exact) mass is 253 g/mol. The van der Waals surface area contributed by atoms with E-state index in [1.54, 1.807) is 12.1 Å². The van der Waals surface area contributed by atoms with Gasteiger partial charge in [-0.15, -0.1) is 0 Å². The lowest BCUT2D eigenvalue weighted by Gasteiger charge is -2.26. The van der Waals surface area contributed by atoms with Crippen LogP contribution in [0.5, 0.6) is 0 Å². The van der Waals surface area contributed by atoms with Gasteiger partial charge < -0.3 is 4.74 Å². The zero-order chi connectivity index (χ0) is 12.4. The van der Waals surface area contributed by atoms with Crippen molar-refractivity contribution in [2.24, 2.45) is 0 Å². The molecule has 2 rings (SSSR count). The zero-order valence-electron chi connectivity index (χ0n) is 10.0. The second-order valence-corrected chi connectivity index (χ2v) is 4.81. The third-order valence-corrected chi connectivity index (χ3v) is 3.39. The molecule has 0 aromatic heterocycles. The third kappa shape index (κ3) is 2.79. The summed E-state index contributed by atoms with van der Waals surface area (Å²) in [5.74, 6) is -0.221. The normalized spacial score (nSPS) is 16.9. The minimum absolute atomic E-state index is 0.221. The fourth-order valence-corrected chi connectivity index (χ4v) is 2.11. The fraction of sp³-hybridized carbons (Fsp3) is 0.462. The van der Waals surface area contributed by atoms with Crippen LogP contribution in [0, 0.1) is 0 Å². The molecule has 0 N–H and O–H groups in total. The summed E-state index contributed by atoms with van der Waals surface area (Å²) in [6, 6.07) is 7.52. The molecule has 1 saturated carbocycles. The van der Waals surface area contributed by atoms with Crippen LogP contribution >= 0.6 is 11.6 Å². The van der Waals surface area contributed by atoms with Gasteiger partial charge in [0.2, 0.25) is 0 Å². The topological polar surface area (TPSA) is 29.5 Å². The van der Waals surface area contributed by atoms with Crippen LogP contribution in [0.15, 0.2) is 24.3 Å². The molecular formula is C13H16ClNO2. The van der Waals surface area contributed by atoms with Gasteiger partial charge in [-0.25, -0.2) is 4.79 Å². The standard InChI is InChI=1S/C13H16ClNO2/c1-15(11-7-8-11)12(13(16)17-2)9-3-5-10(14)6-4-9/h3-6,11-12H,7-8H2,1-2H3. The number of rotatable bonds is 4. The third-order valence-electron chi connectivity index (χ3n) is 3.14. The first-order valence-electron chi connectivity index (χ1n) is 5.68. The lowest BCUT2D eigenvalue weighted by atomic mass is 10.1. The molecule has 1 unspecified atom stereocenters. The summed E-state index contributed by atoms with van der Waals surface area (Å²) < 4.78 is 4.88. The summed E-state index contributed by atoms with van der Waals surface area (Å²) >= 11 is 5.85. The Morgan fingerprint density at radius 3 is 2.47 bits per heavy atom. The van der Waals surface area contributed by atoms with Crippen LogP contribution < -0.4 is 0 Å². The van der Waals surface area contributed by atoms with E-state index in [0.29, 0.717) is 11.1 Å². The highest BCUT2D eigenvalue weighted by molar-refractivity contribution is 6.30. The Morgan fingerprint density at radius 2 is 2.00 bits per heavy atom.